The third kappa shape index (κ3) is 3.14. The summed E-state index contributed by atoms with van der Waals surface area (Å²) in [6.45, 7) is 3.83. The van der Waals surface area contributed by atoms with Crippen molar-refractivity contribution in [3.05, 3.63) is 23.1 Å². The number of hydrogen-bond donors (Lipinski definition) is 1. The maximum absolute atomic E-state index is 11.7. The fraction of sp³-hybridized carbons (Fsp3) is 0.500. The molecule has 0 aliphatic heterocycles. The monoisotopic (exact) mass is 249 g/mol. The van der Waals surface area contributed by atoms with Crippen LogP contribution in [-0.2, 0) is 0 Å². The molecule has 3 nitrogen and oxygen atoms in total. The summed E-state index contributed by atoms with van der Waals surface area (Å²) in [5.41, 5.74) is -0.419. The Labute approximate surface area is 98.7 Å². The van der Waals surface area contributed by atoms with Crippen LogP contribution >= 0.6 is 23.2 Å². The third-order valence-electron chi connectivity index (χ3n) is 2.29. The lowest BCUT2D eigenvalue weighted by Gasteiger charge is -2.26. The standard InChI is InChI=1S/C10H13Cl2NO2/c1-3-10(2,6-11)13-9(14)7-4-5-8(12)15-7/h4-5H,3,6H2,1-2H3,(H,13,14). The summed E-state index contributed by atoms with van der Waals surface area (Å²) >= 11 is 11.3. The molecule has 1 aromatic heterocycles. The van der Waals surface area contributed by atoms with E-state index in [1.54, 1.807) is 0 Å². The fourth-order valence-electron chi connectivity index (χ4n) is 0.988. The topological polar surface area (TPSA) is 42.2 Å². The summed E-state index contributed by atoms with van der Waals surface area (Å²) in [6, 6.07) is 3.06. The Morgan fingerprint density at radius 3 is 2.67 bits per heavy atom. The molecule has 0 aromatic carbocycles. The van der Waals surface area contributed by atoms with Gasteiger partial charge in [0.25, 0.3) is 5.91 Å². The molecular formula is C10H13Cl2NO2. The van der Waals surface area contributed by atoms with Crippen LogP contribution < -0.4 is 5.32 Å². The number of furan rings is 1. The highest BCUT2D eigenvalue weighted by atomic mass is 35.5. The molecule has 1 unspecified atom stereocenters. The van der Waals surface area contributed by atoms with Crippen LogP contribution in [0.1, 0.15) is 30.8 Å². The van der Waals surface area contributed by atoms with E-state index in [9.17, 15) is 4.79 Å². The van der Waals surface area contributed by atoms with Crippen molar-refractivity contribution in [2.75, 3.05) is 5.88 Å². The molecule has 0 saturated carbocycles. The van der Waals surface area contributed by atoms with Gasteiger partial charge in [-0.3, -0.25) is 4.79 Å². The lowest BCUT2D eigenvalue weighted by molar-refractivity contribution is 0.0884. The van der Waals surface area contributed by atoms with Gasteiger partial charge in [0, 0.05) is 5.88 Å². The summed E-state index contributed by atoms with van der Waals surface area (Å²) < 4.78 is 4.99. The molecule has 0 fully saturated rings. The number of rotatable bonds is 4. The largest absolute Gasteiger partial charge is 0.440 e. The van der Waals surface area contributed by atoms with Crippen LogP contribution in [-0.4, -0.2) is 17.3 Å². The van der Waals surface area contributed by atoms with Crippen molar-refractivity contribution in [2.45, 2.75) is 25.8 Å². The van der Waals surface area contributed by atoms with Crippen molar-refractivity contribution < 1.29 is 9.21 Å². The van der Waals surface area contributed by atoms with Crippen LogP contribution in [0, 0.1) is 0 Å². The first-order valence-electron chi connectivity index (χ1n) is 4.64. The van der Waals surface area contributed by atoms with Crippen LogP contribution in [0.2, 0.25) is 5.22 Å². The van der Waals surface area contributed by atoms with Crippen LogP contribution in [0.15, 0.2) is 16.5 Å². The van der Waals surface area contributed by atoms with Gasteiger partial charge in [-0.05, 0) is 37.1 Å². The number of hydrogen-bond acceptors (Lipinski definition) is 2. The van der Waals surface area contributed by atoms with Gasteiger partial charge in [-0.2, -0.15) is 0 Å². The Bertz CT molecular complexity index is 345. The predicted molar refractivity (Wildman–Crippen MR) is 60.6 cm³/mol. The number of amides is 1. The zero-order valence-corrected chi connectivity index (χ0v) is 10.2. The lowest BCUT2D eigenvalue weighted by atomic mass is 10.0. The molecule has 5 heteroatoms. The van der Waals surface area contributed by atoms with E-state index in [2.05, 4.69) is 5.32 Å². The van der Waals surface area contributed by atoms with Gasteiger partial charge in [0.05, 0.1) is 5.54 Å². The van der Waals surface area contributed by atoms with Gasteiger partial charge in [-0.25, -0.2) is 0 Å². The summed E-state index contributed by atoms with van der Waals surface area (Å²) in [5, 5.41) is 3.00. The van der Waals surface area contributed by atoms with E-state index < -0.39 is 5.54 Å². The molecular weight excluding hydrogens is 237 g/mol. The molecule has 1 aromatic rings. The van der Waals surface area contributed by atoms with E-state index in [0.29, 0.717) is 5.88 Å². The first-order valence-corrected chi connectivity index (χ1v) is 5.56. The van der Waals surface area contributed by atoms with Gasteiger partial charge in [0.15, 0.2) is 11.0 Å². The van der Waals surface area contributed by atoms with Gasteiger partial charge < -0.3 is 9.73 Å². The van der Waals surface area contributed by atoms with Crippen molar-refractivity contribution in [3.8, 4) is 0 Å². The second-order valence-corrected chi connectivity index (χ2v) is 4.25. The molecule has 0 saturated heterocycles. The fourth-order valence-corrected chi connectivity index (χ4v) is 1.39. The van der Waals surface area contributed by atoms with Crippen LogP contribution in [0.25, 0.3) is 0 Å². The Morgan fingerprint density at radius 1 is 1.60 bits per heavy atom. The average molecular weight is 250 g/mol. The van der Waals surface area contributed by atoms with Crippen LogP contribution in [0.4, 0.5) is 0 Å². The second-order valence-electron chi connectivity index (χ2n) is 3.61. The van der Waals surface area contributed by atoms with E-state index in [-0.39, 0.29) is 16.9 Å². The molecule has 84 valence electrons. The van der Waals surface area contributed by atoms with Crippen LogP contribution in [0.5, 0.6) is 0 Å². The molecule has 0 spiro atoms. The minimum Gasteiger partial charge on any atom is -0.440 e. The lowest BCUT2D eigenvalue weighted by Crippen LogP contribution is -2.46. The molecule has 1 heterocycles. The maximum atomic E-state index is 11.7. The minimum absolute atomic E-state index is 0.198. The van der Waals surface area contributed by atoms with Gasteiger partial charge in [0.1, 0.15) is 0 Å². The average Bonchev–Trinajstić information content (AvgIpc) is 2.65. The van der Waals surface area contributed by atoms with Crippen molar-refractivity contribution in [2.24, 2.45) is 0 Å². The predicted octanol–water partition coefficient (Wildman–Crippen LogP) is 3.07. The summed E-state index contributed by atoms with van der Waals surface area (Å²) in [6.07, 6.45) is 0.747. The molecule has 1 amide bonds. The summed E-state index contributed by atoms with van der Waals surface area (Å²) in [7, 11) is 0. The molecule has 0 bridgehead atoms. The summed E-state index contributed by atoms with van der Waals surface area (Å²) in [5.74, 6) is 0.251. The highest BCUT2D eigenvalue weighted by Gasteiger charge is 2.24. The van der Waals surface area contributed by atoms with Crippen molar-refractivity contribution in [1.29, 1.82) is 0 Å². The minimum atomic E-state index is -0.419. The molecule has 1 N–H and O–H groups in total. The van der Waals surface area contributed by atoms with Gasteiger partial charge >= 0.3 is 0 Å². The first-order chi connectivity index (χ1) is 7.00. The Morgan fingerprint density at radius 2 is 2.27 bits per heavy atom. The maximum Gasteiger partial charge on any atom is 0.287 e. The number of carbonyl (C=O) groups excluding carboxylic acids is 1. The second kappa shape index (κ2) is 4.90. The Hall–Kier alpha value is -0.670. The normalized spacial score (nSPS) is 14.7. The van der Waals surface area contributed by atoms with E-state index in [1.807, 2.05) is 13.8 Å². The Balaban J connectivity index is 2.71. The molecule has 15 heavy (non-hydrogen) atoms. The zero-order chi connectivity index (χ0) is 11.5. The van der Waals surface area contributed by atoms with E-state index >= 15 is 0 Å². The SMILES string of the molecule is CCC(C)(CCl)NC(=O)c1ccc(Cl)o1. The number of alkyl halides is 1. The van der Waals surface area contributed by atoms with Crippen molar-refractivity contribution in [1.82, 2.24) is 5.32 Å². The van der Waals surface area contributed by atoms with E-state index in [1.165, 1.54) is 12.1 Å². The third-order valence-corrected chi connectivity index (χ3v) is 3.08. The smallest absolute Gasteiger partial charge is 0.287 e. The zero-order valence-electron chi connectivity index (χ0n) is 8.64. The molecule has 0 radical (unpaired) electrons. The number of carbonyl (C=O) groups is 1. The molecule has 1 rings (SSSR count). The van der Waals surface area contributed by atoms with Gasteiger partial charge in [-0.1, -0.05) is 6.92 Å². The van der Waals surface area contributed by atoms with Gasteiger partial charge in [0.2, 0.25) is 0 Å². The number of nitrogens with one attached hydrogen (secondary N) is 1. The Kier molecular flexibility index (Phi) is 4.05. The first kappa shape index (κ1) is 12.4. The van der Waals surface area contributed by atoms with E-state index in [4.69, 9.17) is 27.6 Å². The summed E-state index contributed by atoms with van der Waals surface area (Å²) in [4.78, 5) is 11.7. The molecule has 0 aliphatic rings. The van der Waals surface area contributed by atoms with Crippen molar-refractivity contribution in [3.63, 3.8) is 0 Å². The molecule has 1 atom stereocenters. The quantitative estimate of drug-likeness (QED) is 0.834. The van der Waals surface area contributed by atoms with Gasteiger partial charge in [-0.15, -0.1) is 11.6 Å². The molecule has 0 aliphatic carbocycles. The van der Waals surface area contributed by atoms with E-state index in [0.717, 1.165) is 6.42 Å². The number of halogens is 2. The highest BCUT2D eigenvalue weighted by molar-refractivity contribution is 6.29. The van der Waals surface area contributed by atoms with Crippen LogP contribution in [0.3, 0.4) is 0 Å². The van der Waals surface area contributed by atoms with Crippen molar-refractivity contribution >= 4 is 29.1 Å². The highest BCUT2D eigenvalue weighted by Crippen LogP contribution is 2.16.